The van der Waals surface area contributed by atoms with Gasteiger partial charge >= 0.3 is 0 Å². The monoisotopic (exact) mass is 249 g/mol. The van der Waals surface area contributed by atoms with Crippen LogP contribution in [0.4, 0.5) is 0 Å². The molecular formula is C14H23N3O. The molecular weight excluding hydrogens is 226 g/mol. The molecule has 0 unspecified atom stereocenters. The summed E-state index contributed by atoms with van der Waals surface area (Å²) in [4.78, 5) is 6.33. The van der Waals surface area contributed by atoms with Crippen molar-refractivity contribution in [2.45, 2.75) is 20.8 Å². The van der Waals surface area contributed by atoms with Crippen LogP contribution in [0.5, 0.6) is 5.75 Å². The van der Waals surface area contributed by atoms with E-state index < -0.39 is 0 Å². The average molecular weight is 249 g/mol. The Kier molecular flexibility index (Phi) is 6.05. The number of hydrogen-bond donors (Lipinski definition) is 1. The molecule has 0 bridgehead atoms. The molecule has 4 heteroatoms. The largest absolute Gasteiger partial charge is 0.491 e. The van der Waals surface area contributed by atoms with Crippen LogP contribution in [0.25, 0.3) is 0 Å². The number of nitrogens with zero attached hydrogens (tertiary/aromatic N) is 2. The van der Waals surface area contributed by atoms with Gasteiger partial charge in [0, 0.05) is 13.1 Å². The first-order chi connectivity index (χ1) is 8.69. The minimum absolute atomic E-state index is 0.548. The van der Waals surface area contributed by atoms with Gasteiger partial charge in [0.25, 0.3) is 0 Å². The topological polar surface area (TPSA) is 50.8 Å². The first-order valence-corrected chi connectivity index (χ1v) is 6.42. The number of aryl methyl sites for hydroxylation is 1. The predicted molar refractivity (Wildman–Crippen MR) is 76.1 cm³/mol. The fourth-order valence-corrected chi connectivity index (χ4v) is 1.68. The zero-order valence-electron chi connectivity index (χ0n) is 11.5. The summed E-state index contributed by atoms with van der Waals surface area (Å²) >= 11 is 0. The lowest BCUT2D eigenvalue weighted by molar-refractivity contribution is 0.325. The molecule has 0 atom stereocenters. The van der Waals surface area contributed by atoms with Gasteiger partial charge in [0.05, 0.1) is 6.54 Å². The molecule has 0 radical (unpaired) electrons. The highest BCUT2D eigenvalue weighted by Crippen LogP contribution is 2.15. The Balaban J connectivity index is 2.39. The molecule has 0 saturated heterocycles. The molecule has 4 nitrogen and oxygen atoms in total. The highest BCUT2D eigenvalue weighted by Gasteiger charge is 2.01. The van der Waals surface area contributed by atoms with E-state index in [1.54, 1.807) is 0 Å². The maximum absolute atomic E-state index is 5.87. The van der Waals surface area contributed by atoms with Gasteiger partial charge in [0.1, 0.15) is 12.4 Å². The SMILES string of the molecule is CCN(CC)C(N)=NCCOc1ccccc1C. The van der Waals surface area contributed by atoms with Crippen LogP contribution in [0.3, 0.4) is 0 Å². The van der Waals surface area contributed by atoms with Crippen LogP contribution in [0.1, 0.15) is 19.4 Å². The molecule has 0 fully saturated rings. The van der Waals surface area contributed by atoms with Crippen molar-refractivity contribution in [3.8, 4) is 5.75 Å². The van der Waals surface area contributed by atoms with Gasteiger partial charge in [0.15, 0.2) is 5.96 Å². The highest BCUT2D eigenvalue weighted by atomic mass is 16.5. The molecule has 0 aliphatic heterocycles. The Morgan fingerprint density at radius 3 is 2.56 bits per heavy atom. The van der Waals surface area contributed by atoms with Crippen molar-refractivity contribution < 1.29 is 4.74 Å². The van der Waals surface area contributed by atoms with Crippen molar-refractivity contribution in [3.63, 3.8) is 0 Å². The number of guanidine groups is 1. The van der Waals surface area contributed by atoms with Crippen molar-refractivity contribution in [1.82, 2.24) is 4.90 Å². The van der Waals surface area contributed by atoms with E-state index in [1.807, 2.05) is 36.1 Å². The van der Waals surface area contributed by atoms with Crippen LogP contribution in [0.2, 0.25) is 0 Å². The maximum Gasteiger partial charge on any atom is 0.191 e. The molecule has 1 aromatic rings. The Morgan fingerprint density at radius 2 is 1.94 bits per heavy atom. The number of nitrogens with two attached hydrogens (primary N) is 1. The van der Waals surface area contributed by atoms with Gasteiger partial charge in [-0.15, -0.1) is 0 Å². The summed E-state index contributed by atoms with van der Waals surface area (Å²) in [5.74, 6) is 1.50. The van der Waals surface area contributed by atoms with Gasteiger partial charge in [-0.3, -0.25) is 0 Å². The Hall–Kier alpha value is -1.71. The molecule has 0 aliphatic carbocycles. The molecule has 0 saturated carbocycles. The van der Waals surface area contributed by atoms with E-state index in [1.165, 1.54) is 0 Å². The lowest BCUT2D eigenvalue weighted by Gasteiger charge is -2.19. The minimum Gasteiger partial charge on any atom is -0.491 e. The van der Waals surface area contributed by atoms with Crippen molar-refractivity contribution in [3.05, 3.63) is 29.8 Å². The van der Waals surface area contributed by atoms with Gasteiger partial charge < -0.3 is 15.4 Å². The van der Waals surface area contributed by atoms with Gasteiger partial charge in [-0.1, -0.05) is 18.2 Å². The molecule has 0 amide bonds. The zero-order valence-corrected chi connectivity index (χ0v) is 11.5. The van der Waals surface area contributed by atoms with Crippen LogP contribution in [-0.2, 0) is 0 Å². The lowest BCUT2D eigenvalue weighted by Crippen LogP contribution is -2.37. The summed E-state index contributed by atoms with van der Waals surface area (Å²) < 4.78 is 5.65. The highest BCUT2D eigenvalue weighted by molar-refractivity contribution is 5.77. The summed E-state index contributed by atoms with van der Waals surface area (Å²) in [6.45, 7) is 9.05. The number of rotatable bonds is 6. The number of ether oxygens (including phenoxy) is 1. The summed E-state index contributed by atoms with van der Waals surface area (Å²) in [5.41, 5.74) is 7.01. The first-order valence-electron chi connectivity index (χ1n) is 6.42. The molecule has 0 heterocycles. The molecule has 0 spiro atoms. The van der Waals surface area contributed by atoms with Crippen molar-refractivity contribution >= 4 is 5.96 Å². The number of hydrogen-bond acceptors (Lipinski definition) is 2. The fraction of sp³-hybridized carbons (Fsp3) is 0.500. The molecule has 2 N–H and O–H groups in total. The third-order valence-electron chi connectivity index (χ3n) is 2.80. The van der Waals surface area contributed by atoms with Crippen LogP contribution in [-0.4, -0.2) is 37.1 Å². The summed E-state index contributed by atoms with van der Waals surface area (Å²) in [6, 6.07) is 7.96. The van der Waals surface area contributed by atoms with E-state index in [9.17, 15) is 0 Å². The third-order valence-corrected chi connectivity index (χ3v) is 2.80. The molecule has 1 aromatic carbocycles. The Morgan fingerprint density at radius 1 is 1.28 bits per heavy atom. The summed E-state index contributed by atoms with van der Waals surface area (Å²) in [5, 5.41) is 0. The molecule has 18 heavy (non-hydrogen) atoms. The smallest absolute Gasteiger partial charge is 0.191 e. The van der Waals surface area contributed by atoms with E-state index in [0.29, 0.717) is 19.1 Å². The van der Waals surface area contributed by atoms with Crippen molar-refractivity contribution in [1.29, 1.82) is 0 Å². The van der Waals surface area contributed by atoms with Gasteiger partial charge in [-0.2, -0.15) is 0 Å². The van der Waals surface area contributed by atoms with Gasteiger partial charge in [0.2, 0.25) is 0 Å². The van der Waals surface area contributed by atoms with Crippen LogP contribution in [0, 0.1) is 6.92 Å². The Bertz CT molecular complexity index is 386. The Labute approximate surface area is 109 Å². The van der Waals surface area contributed by atoms with Gasteiger partial charge in [-0.25, -0.2) is 4.99 Å². The first kappa shape index (κ1) is 14.4. The third kappa shape index (κ3) is 4.28. The second-order valence-electron chi connectivity index (χ2n) is 4.03. The fourth-order valence-electron chi connectivity index (χ4n) is 1.68. The lowest BCUT2D eigenvalue weighted by atomic mass is 10.2. The van der Waals surface area contributed by atoms with E-state index in [2.05, 4.69) is 18.8 Å². The normalized spacial score (nSPS) is 11.4. The zero-order chi connectivity index (χ0) is 13.4. The molecule has 0 aliphatic rings. The number of benzene rings is 1. The minimum atomic E-state index is 0.548. The van der Waals surface area contributed by atoms with E-state index >= 15 is 0 Å². The average Bonchev–Trinajstić information content (AvgIpc) is 2.38. The molecule has 1 rings (SSSR count). The van der Waals surface area contributed by atoms with Crippen molar-refractivity contribution in [2.24, 2.45) is 10.7 Å². The number of aliphatic imine (C=N–C) groups is 1. The second-order valence-corrected chi connectivity index (χ2v) is 4.03. The standard InChI is InChI=1S/C14H23N3O/c1-4-17(5-2)14(15)16-10-11-18-13-9-7-6-8-12(13)3/h6-9H,4-5,10-11H2,1-3H3,(H2,15,16). The van der Waals surface area contributed by atoms with Crippen LogP contribution >= 0.6 is 0 Å². The number of para-hydroxylation sites is 1. The van der Waals surface area contributed by atoms with E-state index in [-0.39, 0.29) is 0 Å². The molecule has 100 valence electrons. The van der Waals surface area contributed by atoms with Gasteiger partial charge in [-0.05, 0) is 32.4 Å². The predicted octanol–water partition coefficient (Wildman–Crippen LogP) is 2.03. The van der Waals surface area contributed by atoms with Crippen LogP contribution in [0.15, 0.2) is 29.3 Å². The maximum atomic E-state index is 5.87. The van der Waals surface area contributed by atoms with E-state index in [4.69, 9.17) is 10.5 Å². The molecule has 0 aromatic heterocycles. The summed E-state index contributed by atoms with van der Waals surface area (Å²) in [6.07, 6.45) is 0. The van der Waals surface area contributed by atoms with Crippen LogP contribution < -0.4 is 10.5 Å². The quantitative estimate of drug-likeness (QED) is 0.477. The van der Waals surface area contributed by atoms with E-state index in [0.717, 1.165) is 24.4 Å². The van der Waals surface area contributed by atoms with Crippen molar-refractivity contribution in [2.75, 3.05) is 26.2 Å². The second kappa shape index (κ2) is 7.58. The summed E-state index contributed by atoms with van der Waals surface area (Å²) in [7, 11) is 0.